The van der Waals surface area contributed by atoms with Crippen LogP contribution in [-0.4, -0.2) is 16.1 Å². The molecule has 4 nitrogen and oxygen atoms in total. The maximum absolute atomic E-state index is 13.6. The van der Waals surface area contributed by atoms with Crippen LogP contribution in [0, 0.1) is 5.82 Å². The second-order valence-corrected chi connectivity index (χ2v) is 6.76. The number of amides is 1. The number of hydrogen-bond donors (Lipinski definition) is 1. The molecule has 1 atom stereocenters. The summed E-state index contributed by atoms with van der Waals surface area (Å²) in [4.78, 5) is 16.6. The van der Waals surface area contributed by atoms with Crippen LogP contribution in [-0.2, 0) is 10.5 Å². The van der Waals surface area contributed by atoms with E-state index >= 15 is 0 Å². The summed E-state index contributed by atoms with van der Waals surface area (Å²) in [5.74, 6) is 0.390. The van der Waals surface area contributed by atoms with E-state index in [0.717, 1.165) is 11.3 Å². The molecule has 0 saturated heterocycles. The van der Waals surface area contributed by atoms with Crippen molar-refractivity contribution in [1.29, 1.82) is 0 Å². The summed E-state index contributed by atoms with van der Waals surface area (Å²) in [6.45, 7) is 1.78. The number of hydrogen-bond acceptors (Lipinski definition) is 4. The molecule has 25 heavy (non-hydrogen) atoms. The number of para-hydroxylation sites is 1. The van der Waals surface area contributed by atoms with Gasteiger partial charge in [0.1, 0.15) is 12.1 Å². The van der Waals surface area contributed by atoms with Gasteiger partial charge in [0, 0.05) is 11.3 Å². The molecule has 1 unspecified atom stereocenters. The molecule has 0 aliphatic rings. The molecular formula is C19H17FN2O2S. The molecule has 1 N–H and O–H groups in total. The smallest absolute Gasteiger partial charge is 0.237 e. The van der Waals surface area contributed by atoms with Gasteiger partial charge in [-0.3, -0.25) is 4.79 Å². The second kappa shape index (κ2) is 7.98. The number of rotatable bonds is 6. The van der Waals surface area contributed by atoms with E-state index in [9.17, 15) is 9.18 Å². The number of nitrogens with one attached hydrogen (secondary N) is 1. The van der Waals surface area contributed by atoms with E-state index in [4.69, 9.17) is 4.42 Å². The third-order valence-electron chi connectivity index (χ3n) is 3.55. The zero-order valence-electron chi connectivity index (χ0n) is 13.6. The molecule has 1 heterocycles. The lowest BCUT2D eigenvalue weighted by Crippen LogP contribution is -2.23. The molecule has 128 valence electrons. The molecule has 0 fully saturated rings. The third kappa shape index (κ3) is 4.48. The van der Waals surface area contributed by atoms with Crippen molar-refractivity contribution < 1.29 is 13.6 Å². The normalized spacial score (nSPS) is 11.9. The summed E-state index contributed by atoms with van der Waals surface area (Å²) in [5, 5.41) is 2.25. The molecule has 0 aliphatic heterocycles. The Balaban J connectivity index is 1.55. The van der Waals surface area contributed by atoms with E-state index < -0.39 is 5.82 Å². The van der Waals surface area contributed by atoms with Gasteiger partial charge < -0.3 is 9.73 Å². The van der Waals surface area contributed by atoms with Gasteiger partial charge in [0.05, 0.1) is 16.6 Å². The first-order valence-electron chi connectivity index (χ1n) is 7.80. The lowest BCUT2D eigenvalue weighted by molar-refractivity contribution is -0.115. The molecule has 0 saturated carbocycles. The van der Waals surface area contributed by atoms with Gasteiger partial charge in [-0.05, 0) is 31.2 Å². The number of anilines is 1. The van der Waals surface area contributed by atoms with Crippen molar-refractivity contribution >= 4 is 23.4 Å². The van der Waals surface area contributed by atoms with Gasteiger partial charge in [0.2, 0.25) is 11.8 Å². The average molecular weight is 356 g/mol. The molecule has 0 spiro atoms. The Morgan fingerprint density at radius 1 is 1.20 bits per heavy atom. The first-order valence-corrected chi connectivity index (χ1v) is 8.85. The van der Waals surface area contributed by atoms with Gasteiger partial charge in [-0.15, -0.1) is 11.8 Å². The molecule has 1 amide bonds. The molecule has 0 radical (unpaired) electrons. The quantitative estimate of drug-likeness (QED) is 0.693. The van der Waals surface area contributed by atoms with Crippen LogP contribution in [0.4, 0.5) is 10.1 Å². The minimum absolute atomic E-state index is 0.188. The van der Waals surface area contributed by atoms with Crippen LogP contribution in [0.1, 0.15) is 12.6 Å². The molecule has 0 aliphatic carbocycles. The Morgan fingerprint density at radius 3 is 2.68 bits per heavy atom. The van der Waals surface area contributed by atoms with Crippen LogP contribution in [0.3, 0.4) is 0 Å². The van der Waals surface area contributed by atoms with Gasteiger partial charge in [-0.2, -0.15) is 0 Å². The fourth-order valence-electron chi connectivity index (χ4n) is 2.17. The Bertz CT molecular complexity index is 851. The number of oxazole rings is 1. The zero-order valence-corrected chi connectivity index (χ0v) is 14.4. The number of benzene rings is 2. The summed E-state index contributed by atoms with van der Waals surface area (Å²) >= 11 is 1.41. The predicted molar refractivity (Wildman–Crippen MR) is 97.7 cm³/mol. The highest BCUT2D eigenvalue weighted by Crippen LogP contribution is 2.23. The highest BCUT2D eigenvalue weighted by Gasteiger charge is 2.16. The van der Waals surface area contributed by atoms with Gasteiger partial charge >= 0.3 is 0 Å². The Kier molecular flexibility index (Phi) is 5.50. The third-order valence-corrected chi connectivity index (χ3v) is 4.73. The van der Waals surface area contributed by atoms with Crippen molar-refractivity contribution in [2.75, 3.05) is 5.32 Å². The number of carbonyl (C=O) groups excluding carboxylic acids is 1. The Morgan fingerprint density at radius 2 is 1.92 bits per heavy atom. The van der Waals surface area contributed by atoms with Crippen LogP contribution < -0.4 is 5.32 Å². The highest BCUT2D eigenvalue weighted by molar-refractivity contribution is 7.99. The topological polar surface area (TPSA) is 55.1 Å². The van der Waals surface area contributed by atoms with Crippen LogP contribution in [0.15, 0.2) is 65.3 Å². The van der Waals surface area contributed by atoms with Crippen LogP contribution in [0.5, 0.6) is 0 Å². The fourth-order valence-corrected chi connectivity index (χ4v) is 2.93. The predicted octanol–water partition coefficient (Wildman–Crippen LogP) is 4.74. The minimum atomic E-state index is -0.447. The number of halogens is 1. The van der Waals surface area contributed by atoms with Crippen molar-refractivity contribution in [3.8, 4) is 11.5 Å². The van der Waals surface area contributed by atoms with E-state index in [1.54, 1.807) is 25.3 Å². The molecule has 3 aromatic rings. The van der Waals surface area contributed by atoms with Crippen LogP contribution in [0.2, 0.25) is 0 Å². The first-order chi connectivity index (χ1) is 12.1. The van der Waals surface area contributed by atoms with Crippen molar-refractivity contribution in [3.05, 3.63) is 72.4 Å². The van der Waals surface area contributed by atoms with Crippen molar-refractivity contribution in [2.45, 2.75) is 17.9 Å². The summed E-state index contributed by atoms with van der Waals surface area (Å²) in [7, 11) is 0. The number of carbonyl (C=O) groups is 1. The molecule has 2 aromatic carbocycles. The Hall–Kier alpha value is -2.60. The number of nitrogens with zero attached hydrogens (tertiary/aromatic N) is 1. The Labute approximate surface area is 149 Å². The monoisotopic (exact) mass is 356 g/mol. The molecule has 1 aromatic heterocycles. The summed E-state index contributed by atoms with van der Waals surface area (Å²) in [5.41, 5.74) is 1.85. The minimum Gasteiger partial charge on any atom is -0.444 e. The van der Waals surface area contributed by atoms with Crippen molar-refractivity contribution in [1.82, 2.24) is 4.98 Å². The number of thioether (sulfide) groups is 1. The van der Waals surface area contributed by atoms with Crippen LogP contribution in [0.25, 0.3) is 11.5 Å². The molecular weight excluding hydrogens is 339 g/mol. The standard InChI is InChI=1S/C19H17FN2O2S/c1-13(18(23)22-17-10-6-5-9-16(17)20)25-12-15-11-24-19(21-15)14-7-3-2-4-8-14/h2-11,13H,12H2,1H3,(H,22,23). The van der Waals surface area contributed by atoms with Gasteiger partial charge in [-0.1, -0.05) is 30.3 Å². The van der Waals surface area contributed by atoms with Crippen molar-refractivity contribution in [3.63, 3.8) is 0 Å². The molecule has 6 heteroatoms. The van der Waals surface area contributed by atoms with E-state index in [0.29, 0.717) is 11.6 Å². The van der Waals surface area contributed by atoms with E-state index in [1.807, 2.05) is 30.3 Å². The first kappa shape index (κ1) is 17.2. The summed E-state index contributed by atoms with van der Waals surface area (Å²) in [6, 6.07) is 15.7. The van der Waals surface area contributed by atoms with Gasteiger partial charge in [0.15, 0.2) is 0 Å². The summed E-state index contributed by atoms with van der Waals surface area (Å²) in [6.07, 6.45) is 1.59. The van der Waals surface area contributed by atoms with E-state index in [1.165, 1.54) is 23.9 Å². The van der Waals surface area contributed by atoms with E-state index in [2.05, 4.69) is 10.3 Å². The lowest BCUT2D eigenvalue weighted by atomic mass is 10.2. The lowest BCUT2D eigenvalue weighted by Gasteiger charge is -2.11. The molecule has 0 bridgehead atoms. The maximum Gasteiger partial charge on any atom is 0.237 e. The zero-order chi connectivity index (χ0) is 17.6. The molecule has 3 rings (SSSR count). The largest absolute Gasteiger partial charge is 0.444 e. The average Bonchev–Trinajstić information content (AvgIpc) is 3.11. The highest BCUT2D eigenvalue weighted by atomic mass is 32.2. The second-order valence-electron chi connectivity index (χ2n) is 5.43. The SMILES string of the molecule is CC(SCc1coc(-c2ccccc2)n1)C(=O)Nc1ccccc1F. The van der Waals surface area contributed by atoms with Gasteiger partial charge in [0.25, 0.3) is 0 Å². The van der Waals surface area contributed by atoms with Crippen LogP contribution >= 0.6 is 11.8 Å². The maximum atomic E-state index is 13.6. The van der Waals surface area contributed by atoms with Gasteiger partial charge in [-0.25, -0.2) is 9.37 Å². The summed E-state index contributed by atoms with van der Waals surface area (Å²) < 4.78 is 19.1. The fraction of sp³-hybridized carbons (Fsp3) is 0.158. The van der Waals surface area contributed by atoms with Crippen molar-refractivity contribution in [2.24, 2.45) is 0 Å². The number of aromatic nitrogens is 1. The van der Waals surface area contributed by atoms with E-state index in [-0.39, 0.29) is 16.8 Å².